The van der Waals surface area contributed by atoms with Gasteiger partial charge in [-0.3, -0.25) is 4.79 Å². The van der Waals surface area contributed by atoms with Crippen LogP contribution in [0.15, 0.2) is 24.3 Å². The van der Waals surface area contributed by atoms with Crippen LogP contribution in [0.25, 0.3) is 0 Å². The maximum Gasteiger partial charge on any atom is 0.274 e. The highest BCUT2D eigenvalue weighted by Gasteiger charge is 2.22. The van der Waals surface area contributed by atoms with Crippen LogP contribution >= 0.6 is 12.4 Å². The van der Waals surface area contributed by atoms with Gasteiger partial charge in [-0.25, -0.2) is 4.68 Å². The van der Waals surface area contributed by atoms with E-state index in [9.17, 15) is 4.79 Å². The maximum atomic E-state index is 12.5. The van der Waals surface area contributed by atoms with Crippen molar-refractivity contribution >= 4 is 18.3 Å². The van der Waals surface area contributed by atoms with Gasteiger partial charge in [-0.2, -0.15) is 0 Å². The summed E-state index contributed by atoms with van der Waals surface area (Å²) < 4.78 is 1.91. The summed E-state index contributed by atoms with van der Waals surface area (Å²) >= 11 is 0. The lowest BCUT2D eigenvalue weighted by Gasteiger charge is -2.23. The molecule has 27 heavy (non-hydrogen) atoms. The molecule has 0 spiro atoms. The lowest BCUT2D eigenvalue weighted by molar-refractivity contribution is 0.0945. The van der Waals surface area contributed by atoms with E-state index in [-0.39, 0.29) is 23.7 Å². The normalized spacial score (nSPS) is 15.3. The van der Waals surface area contributed by atoms with Crippen LogP contribution < -0.4 is 10.6 Å². The second-order valence-electron chi connectivity index (χ2n) is 8.08. The van der Waals surface area contributed by atoms with Crippen molar-refractivity contribution in [3.05, 3.63) is 46.8 Å². The molecule has 2 aromatic rings. The number of halogens is 1. The lowest BCUT2D eigenvalue weighted by atomic mass is 9.87. The first-order valence-electron chi connectivity index (χ1n) is 9.36. The van der Waals surface area contributed by atoms with Crippen molar-refractivity contribution < 1.29 is 4.79 Å². The molecule has 148 valence electrons. The van der Waals surface area contributed by atoms with Crippen LogP contribution in [0.5, 0.6) is 0 Å². The van der Waals surface area contributed by atoms with Gasteiger partial charge in [0.25, 0.3) is 5.91 Å². The number of carbonyl (C=O) groups is 1. The lowest BCUT2D eigenvalue weighted by Crippen LogP contribution is -2.30. The Labute approximate surface area is 167 Å². The first-order chi connectivity index (χ1) is 12.4. The van der Waals surface area contributed by atoms with Crippen molar-refractivity contribution in [2.24, 2.45) is 0 Å². The Morgan fingerprint density at radius 1 is 1.22 bits per heavy atom. The minimum Gasteiger partial charge on any atom is -0.347 e. The zero-order valence-corrected chi connectivity index (χ0v) is 17.4. The molecule has 1 aliphatic heterocycles. The minimum absolute atomic E-state index is 0. The Bertz CT molecular complexity index is 758. The van der Waals surface area contributed by atoms with Crippen molar-refractivity contribution in [3.63, 3.8) is 0 Å². The number of piperidine rings is 1. The predicted molar refractivity (Wildman–Crippen MR) is 109 cm³/mol. The fourth-order valence-electron chi connectivity index (χ4n) is 3.34. The fourth-order valence-corrected chi connectivity index (χ4v) is 3.34. The largest absolute Gasteiger partial charge is 0.347 e. The average Bonchev–Trinajstić information content (AvgIpc) is 3.01. The monoisotopic (exact) mass is 391 g/mol. The van der Waals surface area contributed by atoms with Crippen molar-refractivity contribution in [2.75, 3.05) is 13.1 Å². The summed E-state index contributed by atoms with van der Waals surface area (Å²) in [5, 5.41) is 14.7. The molecule has 0 saturated carbocycles. The Morgan fingerprint density at radius 3 is 2.44 bits per heavy atom. The van der Waals surface area contributed by atoms with E-state index in [1.54, 1.807) is 0 Å². The summed E-state index contributed by atoms with van der Waals surface area (Å²) in [6, 6.07) is 8.72. The summed E-state index contributed by atoms with van der Waals surface area (Å²) in [4.78, 5) is 12.5. The number of hydrogen-bond donors (Lipinski definition) is 2. The van der Waals surface area contributed by atoms with Crippen LogP contribution in [0, 0.1) is 6.92 Å². The second-order valence-corrected chi connectivity index (χ2v) is 8.08. The van der Waals surface area contributed by atoms with Crippen LogP contribution in [-0.2, 0) is 12.0 Å². The smallest absolute Gasteiger partial charge is 0.274 e. The number of nitrogens with zero attached hydrogens (tertiary/aromatic N) is 3. The average molecular weight is 392 g/mol. The van der Waals surface area contributed by atoms with Crippen LogP contribution in [0.1, 0.15) is 67.0 Å². The molecule has 0 unspecified atom stereocenters. The molecule has 0 bridgehead atoms. The third-order valence-corrected chi connectivity index (χ3v) is 5.07. The molecule has 1 aromatic heterocycles. The molecule has 1 aliphatic rings. The van der Waals surface area contributed by atoms with Gasteiger partial charge >= 0.3 is 0 Å². The minimum atomic E-state index is -0.164. The van der Waals surface area contributed by atoms with Crippen molar-refractivity contribution in [1.29, 1.82) is 0 Å². The quantitative estimate of drug-likeness (QED) is 0.839. The number of amides is 1. The molecule has 0 radical (unpaired) electrons. The molecule has 6 nitrogen and oxygen atoms in total. The molecule has 0 atom stereocenters. The molecular formula is C20H30ClN5O. The topological polar surface area (TPSA) is 71.8 Å². The standard InChI is InChI=1S/C20H29N5O.ClH/c1-14-18(23-24-25(14)17-9-11-21-12-10-17)19(26)22-13-15-5-7-16(8-6-15)20(2,3)4;/h5-8,17,21H,9-13H2,1-4H3,(H,22,26);1H. The Kier molecular flexibility index (Phi) is 7.00. The summed E-state index contributed by atoms with van der Waals surface area (Å²) in [6.07, 6.45) is 2.04. The maximum absolute atomic E-state index is 12.5. The summed E-state index contributed by atoms with van der Waals surface area (Å²) in [6.45, 7) is 11.0. The summed E-state index contributed by atoms with van der Waals surface area (Å²) in [7, 11) is 0. The number of rotatable bonds is 4. The zero-order chi connectivity index (χ0) is 18.7. The van der Waals surface area contributed by atoms with Crippen LogP contribution in [0.4, 0.5) is 0 Å². The molecule has 0 aliphatic carbocycles. The van der Waals surface area contributed by atoms with Gasteiger partial charge in [-0.15, -0.1) is 17.5 Å². The van der Waals surface area contributed by atoms with Gasteiger partial charge in [0.2, 0.25) is 0 Å². The summed E-state index contributed by atoms with van der Waals surface area (Å²) in [5.41, 5.74) is 3.77. The van der Waals surface area contributed by atoms with Crippen LogP contribution in [0.3, 0.4) is 0 Å². The molecule has 1 fully saturated rings. The molecule has 3 rings (SSSR count). The first kappa shape index (κ1) is 21.4. The van der Waals surface area contributed by atoms with Gasteiger partial charge in [0.1, 0.15) is 0 Å². The number of carbonyl (C=O) groups excluding carboxylic acids is 1. The van der Waals surface area contributed by atoms with Gasteiger partial charge < -0.3 is 10.6 Å². The first-order valence-corrected chi connectivity index (χ1v) is 9.36. The van der Waals surface area contributed by atoms with E-state index >= 15 is 0 Å². The van der Waals surface area contributed by atoms with E-state index in [1.165, 1.54) is 5.56 Å². The highest BCUT2D eigenvalue weighted by atomic mass is 35.5. The highest BCUT2D eigenvalue weighted by molar-refractivity contribution is 5.93. The number of nitrogens with one attached hydrogen (secondary N) is 2. The van der Waals surface area contributed by atoms with Crippen molar-refractivity contribution in [2.45, 2.75) is 58.5 Å². The van der Waals surface area contributed by atoms with Crippen LogP contribution in [0.2, 0.25) is 0 Å². The molecule has 2 N–H and O–H groups in total. The molecule has 7 heteroatoms. The van der Waals surface area contributed by atoms with Crippen molar-refractivity contribution in [3.8, 4) is 0 Å². The zero-order valence-electron chi connectivity index (χ0n) is 16.6. The molecule has 2 heterocycles. The number of hydrogen-bond acceptors (Lipinski definition) is 4. The molecule has 1 amide bonds. The third-order valence-electron chi connectivity index (χ3n) is 5.07. The third kappa shape index (κ3) is 5.08. The van der Waals surface area contributed by atoms with E-state index < -0.39 is 0 Å². The Morgan fingerprint density at radius 2 is 1.85 bits per heavy atom. The Hall–Kier alpha value is -1.92. The van der Waals surface area contributed by atoms with E-state index in [4.69, 9.17) is 0 Å². The van der Waals surface area contributed by atoms with E-state index in [0.717, 1.165) is 37.2 Å². The van der Waals surface area contributed by atoms with E-state index in [0.29, 0.717) is 18.3 Å². The molecular weight excluding hydrogens is 362 g/mol. The number of benzene rings is 1. The van der Waals surface area contributed by atoms with Gasteiger partial charge in [-0.05, 0) is 49.4 Å². The second kappa shape index (κ2) is 8.85. The van der Waals surface area contributed by atoms with Gasteiger partial charge in [-0.1, -0.05) is 50.3 Å². The van der Waals surface area contributed by atoms with Crippen LogP contribution in [-0.4, -0.2) is 34.0 Å². The van der Waals surface area contributed by atoms with E-state index in [2.05, 4.69) is 66.0 Å². The predicted octanol–water partition coefficient (Wildman–Crippen LogP) is 3.16. The fraction of sp³-hybridized carbons (Fsp3) is 0.550. The Balaban J connectivity index is 0.00000261. The summed E-state index contributed by atoms with van der Waals surface area (Å²) in [5.74, 6) is -0.164. The van der Waals surface area contributed by atoms with Gasteiger partial charge in [0.15, 0.2) is 5.69 Å². The van der Waals surface area contributed by atoms with Gasteiger partial charge in [0.05, 0.1) is 11.7 Å². The molecule has 1 aromatic carbocycles. The van der Waals surface area contributed by atoms with Gasteiger partial charge in [0, 0.05) is 6.54 Å². The highest BCUT2D eigenvalue weighted by Crippen LogP contribution is 2.22. The van der Waals surface area contributed by atoms with E-state index in [1.807, 2.05) is 11.6 Å². The molecule has 1 saturated heterocycles. The number of aromatic nitrogens is 3. The van der Waals surface area contributed by atoms with Crippen molar-refractivity contribution in [1.82, 2.24) is 25.6 Å². The SMILES string of the molecule is Cc1c(C(=O)NCc2ccc(C(C)(C)C)cc2)nnn1C1CCNCC1.Cl.